The molecule has 1 saturated carbocycles. The van der Waals surface area contributed by atoms with E-state index in [1.807, 2.05) is 11.6 Å². The fourth-order valence-corrected chi connectivity index (χ4v) is 4.32. The normalized spacial score (nSPS) is 26.9. The summed E-state index contributed by atoms with van der Waals surface area (Å²) in [5, 5.41) is 13.4. The third kappa shape index (κ3) is 6.38. The average Bonchev–Trinajstić information content (AvgIpc) is 3.25. The molecule has 0 radical (unpaired) electrons. The Morgan fingerprint density at radius 2 is 2.07 bits per heavy atom. The van der Waals surface area contributed by atoms with Crippen molar-refractivity contribution in [3.63, 3.8) is 0 Å². The van der Waals surface area contributed by atoms with E-state index in [9.17, 15) is 18.0 Å². The summed E-state index contributed by atoms with van der Waals surface area (Å²) < 4.78 is 37.7. The number of carboxylic acids is 1. The van der Waals surface area contributed by atoms with Crippen LogP contribution in [0.25, 0.3) is 0 Å². The Kier molecular flexibility index (Phi) is 7.12. The molecule has 2 N–H and O–H groups in total. The number of hydrogen-bond donors (Lipinski definition) is 2. The number of nitrogens with one attached hydrogen (secondary N) is 1. The lowest BCUT2D eigenvalue weighted by Crippen LogP contribution is -2.45. The minimum absolute atomic E-state index is 0.187. The van der Waals surface area contributed by atoms with Crippen LogP contribution in [0.5, 0.6) is 0 Å². The molecule has 3 fully saturated rings. The maximum atomic E-state index is 11.8. The van der Waals surface area contributed by atoms with Crippen molar-refractivity contribution in [2.45, 2.75) is 38.1 Å². The van der Waals surface area contributed by atoms with Gasteiger partial charge in [0.2, 0.25) is 5.91 Å². The van der Waals surface area contributed by atoms with Crippen LogP contribution in [0.2, 0.25) is 0 Å². The van der Waals surface area contributed by atoms with Crippen molar-refractivity contribution >= 4 is 23.2 Å². The van der Waals surface area contributed by atoms with Crippen molar-refractivity contribution in [3.05, 3.63) is 16.6 Å². The number of aromatic nitrogens is 1. The molecule has 162 valence electrons. The first kappa shape index (κ1) is 22.0. The van der Waals surface area contributed by atoms with Gasteiger partial charge < -0.3 is 15.2 Å². The first-order valence-corrected chi connectivity index (χ1v) is 10.4. The number of fused-ring (bicyclic) bond motifs is 1. The number of amides is 1. The molecule has 3 aliphatic rings. The molecule has 1 aromatic heterocycles. The number of thiazole rings is 1. The van der Waals surface area contributed by atoms with Crippen LogP contribution < -0.4 is 5.32 Å². The highest BCUT2D eigenvalue weighted by molar-refractivity contribution is 7.09. The van der Waals surface area contributed by atoms with E-state index in [0.717, 1.165) is 39.1 Å². The van der Waals surface area contributed by atoms with E-state index in [1.54, 1.807) is 11.3 Å². The zero-order valence-corrected chi connectivity index (χ0v) is 16.5. The highest BCUT2D eigenvalue weighted by Crippen LogP contribution is 2.35. The highest BCUT2D eigenvalue weighted by atomic mass is 32.1. The minimum atomic E-state index is -5.08. The summed E-state index contributed by atoms with van der Waals surface area (Å²) in [5.74, 6) is -1.04. The van der Waals surface area contributed by atoms with Crippen molar-refractivity contribution in [1.29, 1.82) is 0 Å². The number of aliphatic carboxylic acids is 1. The van der Waals surface area contributed by atoms with E-state index in [4.69, 9.17) is 14.6 Å². The van der Waals surface area contributed by atoms with Crippen molar-refractivity contribution in [1.82, 2.24) is 15.2 Å². The summed E-state index contributed by atoms with van der Waals surface area (Å²) in [7, 11) is 0. The van der Waals surface area contributed by atoms with Gasteiger partial charge in [-0.05, 0) is 31.7 Å². The molecular weight excluding hydrogens is 411 g/mol. The molecule has 0 aromatic carbocycles. The largest absolute Gasteiger partial charge is 0.490 e. The van der Waals surface area contributed by atoms with Gasteiger partial charge in [-0.15, -0.1) is 11.3 Å². The van der Waals surface area contributed by atoms with Gasteiger partial charge in [-0.2, -0.15) is 13.2 Å². The zero-order valence-electron chi connectivity index (χ0n) is 15.7. The smallest absolute Gasteiger partial charge is 0.475 e. The molecular formula is C18H24F3N3O4S. The number of carbonyl (C=O) groups excluding carboxylic acids is 1. The lowest BCUT2D eigenvalue weighted by molar-refractivity contribution is -0.192. The summed E-state index contributed by atoms with van der Waals surface area (Å²) in [6.07, 6.45) is 0.299. The Morgan fingerprint density at radius 3 is 2.66 bits per heavy atom. The van der Waals surface area contributed by atoms with E-state index in [-0.39, 0.29) is 17.9 Å². The van der Waals surface area contributed by atoms with Crippen molar-refractivity contribution in [2.75, 3.05) is 26.2 Å². The van der Waals surface area contributed by atoms with Gasteiger partial charge in [0.15, 0.2) is 0 Å². The summed E-state index contributed by atoms with van der Waals surface area (Å²) >= 11 is 1.73. The Bertz CT molecular complexity index is 697. The maximum absolute atomic E-state index is 11.8. The standard InChI is InChI=1S/C16H23N3O2S.C2HF3O2/c20-16(11-1-2-11)18-7-14-13-8-19(5-3-12(13)10-21-14)9-15-17-4-6-22-15;3-2(4,5)1(6)7/h4,6,11-14H,1-3,5,7-10H2,(H,18,20);(H,6,7)/t12-,13-,14+;/m0./s1. The fourth-order valence-electron chi connectivity index (χ4n) is 3.67. The second-order valence-electron chi connectivity index (χ2n) is 7.57. The molecule has 0 spiro atoms. The van der Waals surface area contributed by atoms with Crippen LogP contribution in [0.1, 0.15) is 24.3 Å². The Morgan fingerprint density at radius 1 is 1.34 bits per heavy atom. The number of rotatable bonds is 5. The molecule has 0 unspecified atom stereocenters. The molecule has 1 aromatic rings. The number of nitrogens with zero attached hydrogens (tertiary/aromatic N) is 2. The van der Waals surface area contributed by atoms with Gasteiger partial charge >= 0.3 is 12.1 Å². The number of likely N-dealkylation sites (tertiary alicyclic amines) is 1. The van der Waals surface area contributed by atoms with Crippen LogP contribution in [0.15, 0.2) is 11.6 Å². The van der Waals surface area contributed by atoms with E-state index < -0.39 is 12.1 Å². The number of carboxylic acid groups (broad SMARTS) is 1. The van der Waals surface area contributed by atoms with E-state index in [0.29, 0.717) is 18.4 Å². The van der Waals surface area contributed by atoms with E-state index >= 15 is 0 Å². The topological polar surface area (TPSA) is 91.8 Å². The van der Waals surface area contributed by atoms with E-state index in [1.165, 1.54) is 11.4 Å². The highest BCUT2D eigenvalue weighted by Gasteiger charge is 2.41. The van der Waals surface area contributed by atoms with Gasteiger partial charge in [-0.25, -0.2) is 9.78 Å². The van der Waals surface area contributed by atoms with Crippen LogP contribution in [0.4, 0.5) is 13.2 Å². The Balaban J connectivity index is 0.000000298. The molecule has 2 aliphatic heterocycles. The third-order valence-electron chi connectivity index (χ3n) is 5.40. The molecule has 4 rings (SSSR count). The van der Waals surface area contributed by atoms with Gasteiger partial charge in [-0.1, -0.05) is 0 Å². The number of hydrogen-bond acceptors (Lipinski definition) is 6. The van der Waals surface area contributed by atoms with Crippen molar-refractivity contribution < 1.29 is 32.6 Å². The SMILES string of the molecule is O=C(NC[C@H]1OC[C@@H]2CCN(Cc3nccs3)C[C@@H]21)C1CC1.O=C(O)C(F)(F)F. The first-order valence-electron chi connectivity index (χ1n) is 9.54. The fraction of sp³-hybridized carbons (Fsp3) is 0.722. The molecule has 29 heavy (non-hydrogen) atoms. The number of ether oxygens (including phenoxy) is 1. The molecule has 3 atom stereocenters. The van der Waals surface area contributed by atoms with Crippen LogP contribution in [-0.4, -0.2) is 65.4 Å². The lowest BCUT2D eigenvalue weighted by Gasteiger charge is -2.35. The number of carbonyl (C=O) groups is 2. The summed E-state index contributed by atoms with van der Waals surface area (Å²) in [4.78, 5) is 27.6. The lowest BCUT2D eigenvalue weighted by atomic mass is 9.84. The molecule has 0 bridgehead atoms. The molecule has 1 amide bonds. The van der Waals surface area contributed by atoms with Gasteiger partial charge in [0.25, 0.3) is 0 Å². The van der Waals surface area contributed by atoms with Crippen LogP contribution in [0, 0.1) is 17.8 Å². The van der Waals surface area contributed by atoms with Crippen LogP contribution in [-0.2, 0) is 20.9 Å². The Labute approximate surface area is 170 Å². The molecule has 7 nitrogen and oxygen atoms in total. The molecule has 11 heteroatoms. The second-order valence-corrected chi connectivity index (χ2v) is 8.55. The number of piperidine rings is 1. The Hall–Kier alpha value is -1.72. The van der Waals surface area contributed by atoms with Crippen LogP contribution >= 0.6 is 11.3 Å². The minimum Gasteiger partial charge on any atom is -0.475 e. The molecule has 2 saturated heterocycles. The van der Waals surface area contributed by atoms with Crippen molar-refractivity contribution in [3.8, 4) is 0 Å². The quantitative estimate of drug-likeness (QED) is 0.737. The second kappa shape index (κ2) is 9.40. The zero-order chi connectivity index (χ0) is 21.0. The number of halogens is 3. The summed E-state index contributed by atoms with van der Waals surface area (Å²) in [6.45, 7) is 4.68. The molecule has 1 aliphatic carbocycles. The van der Waals surface area contributed by atoms with Gasteiger partial charge in [0.1, 0.15) is 5.01 Å². The van der Waals surface area contributed by atoms with Gasteiger partial charge in [-0.3, -0.25) is 9.69 Å². The monoisotopic (exact) mass is 435 g/mol. The molecule has 3 heterocycles. The first-order chi connectivity index (χ1) is 13.7. The average molecular weight is 435 g/mol. The third-order valence-corrected chi connectivity index (χ3v) is 6.17. The number of alkyl halides is 3. The van der Waals surface area contributed by atoms with Gasteiger partial charge in [0.05, 0.1) is 19.3 Å². The van der Waals surface area contributed by atoms with Gasteiger partial charge in [0, 0.05) is 36.5 Å². The van der Waals surface area contributed by atoms with E-state index in [2.05, 4.69) is 15.2 Å². The predicted molar refractivity (Wildman–Crippen MR) is 98.2 cm³/mol. The summed E-state index contributed by atoms with van der Waals surface area (Å²) in [5.41, 5.74) is 0. The summed E-state index contributed by atoms with van der Waals surface area (Å²) in [6, 6.07) is 0. The van der Waals surface area contributed by atoms with Crippen molar-refractivity contribution in [2.24, 2.45) is 17.8 Å². The predicted octanol–water partition coefficient (Wildman–Crippen LogP) is 2.14. The van der Waals surface area contributed by atoms with Crippen LogP contribution in [0.3, 0.4) is 0 Å². The maximum Gasteiger partial charge on any atom is 0.490 e.